The van der Waals surface area contributed by atoms with Gasteiger partial charge in [0, 0.05) is 17.1 Å². The lowest BCUT2D eigenvalue weighted by atomic mass is 10.1. The summed E-state index contributed by atoms with van der Waals surface area (Å²) in [6.45, 7) is -0.117. The first-order chi connectivity index (χ1) is 22.7. The van der Waals surface area contributed by atoms with E-state index in [9.17, 15) is 19.2 Å². The third kappa shape index (κ3) is 9.04. The van der Waals surface area contributed by atoms with Gasteiger partial charge in [-0.15, -0.1) is 0 Å². The summed E-state index contributed by atoms with van der Waals surface area (Å²) >= 11 is 18.9. The minimum atomic E-state index is -1.29. The monoisotopic (exact) mass is 692 g/mol. The van der Waals surface area contributed by atoms with Crippen LogP contribution in [0.25, 0.3) is 0 Å². The van der Waals surface area contributed by atoms with Gasteiger partial charge in [-0.3, -0.25) is 9.59 Å². The molecule has 47 heavy (non-hydrogen) atoms. The molecule has 2 atom stereocenters. The van der Waals surface area contributed by atoms with Crippen molar-refractivity contribution in [1.82, 2.24) is 21.3 Å². The number of halogens is 3. The molecule has 242 valence electrons. The largest absolute Gasteiger partial charge is 0.459 e. The number of benzene rings is 4. The predicted molar refractivity (Wildman–Crippen MR) is 181 cm³/mol. The first-order valence-electron chi connectivity index (χ1n) is 14.8. The van der Waals surface area contributed by atoms with Gasteiger partial charge in [0.15, 0.2) is 0 Å². The van der Waals surface area contributed by atoms with Gasteiger partial charge in [-0.2, -0.15) is 0 Å². The van der Waals surface area contributed by atoms with Gasteiger partial charge in [0.1, 0.15) is 12.6 Å². The van der Waals surface area contributed by atoms with Crippen molar-refractivity contribution in [3.63, 3.8) is 0 Å². The van der Waals surface area contributed by atoms with Crippen LogP contribution in [-0.2, 0) is 29.1 Å². The molecule has 1 aliphatic carbocycles. The van der Waals surface area contributed by atoms with E-state index >= 15 is 0 Å². The molecule has 0 aliphatic heterocycles. The van der Waals surface area contributed by atoms with Gasteiger partial charge in [0.25, 0.3) is 11.8 Å². The third-order valence-electron chi connectivity index (χ3n) is 7.59. The number of carbonyl (C=O) groups is 4. The van der Waals surface area contributed by atoms with Crippen LogP contribution in [0.1, 0.15) is 55.4 Å². The van der Waals surface area contributed by atoms with Crippen LogP contribution in [0.2, 0.25) is 15.1 Å². The first-order valence-corrected chi connectivity index (χ1v) is 16.0. The van der Waals surface area contributed by atoms with Crippen molar-refractivity contribution < 1.29 is 23.9 Å². The number of nitrogens with one attached hydrogen (secondary N) is 4. The molecule has 0 radical (unpaired) electrons. The van der Waals surface area contributed by atoms with E-state index in [0.717, 1.165) is 29.5 Å². The first kappa shape index (κ1) is 33.8. The highest BCUT2D eigenvalue weighted by Crippen LogP contribution is 2.30. The Labute approximate surface area is 286 Å². The molecule has 4 N–H and O–H groups in total. The van der Waals surface area contributed by atoms with Crippen molar-refractivity contribution >= 4 is 58.6 Å². The van der Waals surface area contributed by atoms with Crippen LogP contribution in [0.15, 0.2) is 91.0 Å². The minimum absolute atomic E-state index is 0.0440. The van der Waals surface area contributed by atoms with Crippen molar-refractivity contribution in [1.29, 1.82) is 0 Å². The van der Waals surface area contributed by atoms with Gasteiger partial charge in [-0.25, -0.2) is 9.59 Å². The lowest BCUT2D eigenvalue weighted by Gasteiger charge is -2.21. The van der Waals surface area contributed by atoms with Crippen LogP contribution >= 0.6 is 34.8 Å². The molecule has 1 unspecified atom stereocenters. The SMILES string of the molecule is O=C(NCC(NC(=O)c1c(Cl)cc(C(=O)NCc2cccc(Cl)c2)cc1Cl)C(=O)OCc1ccccc1)N[C@@H]1CCc2ccccc21. The molecule has 4 aromatic carbocycles. The smallest absolute Gasteiger partial charge is 0.330 e. The van der Waals surface area contributed by atoms with E-state index in [-0.39, 0.29) is 46.9 Å². The number of urea groups is 1. The van der Waals surface area contributed by atoms with Crippen LogP contribution in [0.3, 0.4) is 0 Å². The quantitative estimate of drug-likeness (QED) is 0.135. The average molecular weight is 694 g/mol. The van der Waals surface area contributed by atoms with Crippen molar-refractivity contribution in [2.75, 3.05) is 6.54 Å². The Kier molecular flexibility index (Phi) is 11.4. The Balaban J connectivity index is 1.25. The van der Waals surface area contributed by atoms with Crippen LogP contribution in [0.4, 0.5) is 4.79 Å². The van der Waals surface area contributed by atoms with Crippen LogP contribution < -0.4 is 21.3 Å². The van der Waals surface area contributed by atoms with Crippen molar-refractivity contribution in [2.24, 2.45) is 0 Å². The number of carbonyl (C=O) groups excluding carboxylic acids is 4. The summed E-state index contributed by atoms with van der Waals surface area (Å²) < 4.78 is 5.47. The molecular weight excluding hydrogens is 663 g/mol. The number of fused-ring (bicyclic) bond motifs is 1. The maximum absolute atomic E-state index is 13.4. The summed E-state index contributed by atoms with van der Waals surface area (Å²) in [5, 5.41) is 11.3. The fourth-order valence-electron chi connectivity index (χ4n) is 5.22. The van der Waals surface area contributed by atoms with Crippen molar-refractivity contribution in [2.45, 2.75) is 38.1 Å². The zero-order valence-electron chi connectivity index (χ0n) is 25.0. The van der Waals surface area contributed by atoms with E-state index in [1.807, 2.05) is 36.4 Å². The number of ether oxygens (including phenoxy) is 1. The van der Waals surface area contributed by atoms with Gasteiger partial charge in [0.05, 0.1) is 28.2 Å². The summed E-state index contributed by atoms with van der Waals surface area (Å²) in [6, 6.07) is 24.6. The maximum Gasteiger partial charge on any atom is 0.330 e. The topological polar surface area (TPSA) is 126 Å². The zero-order valence-corrected chi connectivity index (χ0v) is 27.3. The molecule has 1 aliphatic rings. The average Bonchev–Trinajstić information content (AvgIpc) is 3.47. The molecule has 0 saturated carbocycles. The summed E-state index contributed by atoms with van der Waals surface area (Å²) in [7, 11) is 0. The molecule has 0 bridgehead atoms. The van der Waals surface area contributed by atoms with E-state index in [2.05, 4.69) is 21.3 Å². The third-order valence-corrected chi connectivity index (χ3v) is 8.42. The Hall–Kier alpha value is -4.57. The van der Waals surface area contributed by atoms with Gasteiger partial charge in [0.2, 0.25) is 0 Å². The summed E-state index contributed by atoms with van der Waals surface area (Å²) in [5.41, 5.74) is 3.73. The second-order valence-corrected chi connectivity index (χ2v) is 12.1. The molecule has 0 aromatic heterocycles. The second-order valence-electron chi connectivity index (χ2n) is 10.9. The van der Waals surface area contributed by atoms with E-state index in [0.29, 0.717) is 5.02 Å². The maximum atomic E-state index is 13.4. The highest BCUT2D eigenvalue weighted by molar-refractivity contribution is 6.40. The molecule has 0 heterocycles. The Morgan fingerprint density at radius 3 is 2.23 bits per heavy atom. The molecule has 12 heteroatoms. The fraction of sp³-hybridized carbons (Fsp3) is 0.200. The lowest BCUT2D eigenvalue weighted by molar-refractivity contribution is -0.147. The normalized spacial score (nSPS) is 14.0. The van der Waals surface area contributed by atoms with Gasteiger partial charge in [-0.05, 0) is 59.4 Å². The predicted octanol–water partition coefficient (Wildman–Crippen LogP) is 6.41. The molecule has 0 fully saturated rings. The Morgan fingerprint density at radius 1 is 0.787 bits per heavy atom. The lowest BCUT2D eigenvalue weighted by Crippen LogP contribution is -2.51. The minimum Gasteiger partial charge on any atom is -0.459 e. The highest BCUT2D eigenvalue weighted by atomic mass is 35.5. The van der Waals surface area contributed by atoms with Crippen LogP contribution in [0, 0.1) is 0 Å². The highest BCUT2D eigenvalue weighted by Gasteiger charge is 2.28. The Bertz CT molecular complexity index is 1760. The molecule has 9 nitrogen and oxygen atoms in total. The molecule has 5 rings (SSSR count). The van der Waals surface area contributed by atoms with Gasteiger partial charge < -0.3 is 26.0 Å². The summed E-state index contributed by atoms with van der Waals surface area (Å²) in [4.78, 5) is 52.3. The van der Waals surface area contributed by atoms with E-state index < -0.39 is 29.9 Å². The second kappa shape index (κ2) is 15.8. The number of rotatable bonds is 11. The Morgan fingerprint density at radius 2 is 1.49 bits per heavy atom. The molecule has 4 aromatic rings. The number of hydrogen-bond acceptors (Lipinski definition) is 5. The number of hydrogen-bond donors (Lipinski definition) is 4. The zero-order chi connectivity index (χ0) is 33.3. The van der Waals surface area contributed by atoms with Gasteiger partial charge >= 0.3 is 12.0 Å². The number of aryl methyl sites for hydroxylation is 1. The van der Waals surface area contributed by atoms with Crippen LogP contribution in [-0.4, -0.2) is 36.4 Å². The fourth-order valence-corrected chi connectivity index (χ4v) is 6.09. The van der Waals surface area contributed by atoms with Crippen molar-refractivity contribution in [3.05, 3.63) is 139 Å². The number of esters is 1. The van der Waals surface area contributed by atoms with Crippen LogP contribution in [0.5, 0.6) is 0 Å². The van der Waals surface area contributed by atoms with Crippen molar-refractivity contribution in [3.8, 4) is 0 Å². The molecule has 0 spiro atoms. The van der Waals surface area contributed by atoms with E-state index in [1.54, 1.807) is 42.5 Å². The van der Waals surface area contributed by atoms with Gasteiger partial charge in [-0.1, -0.05) is 102 Å². The molecular formula is C35H31Cl3N4O5. The van der Waals surface area contributed by atoms with E-state index in [1.165, 1.54) is 17.7 Å². The molecule has 0 saturated heterocycles. The standard InChI is InChI=1S/C35H31Cl3N4O5/c36-25-11-6-9-22(15-25)18-39-32(43)24-16-27(37)31(28(38)17-24)33(44)41-30(34(45)47-20-21-7-2-1-3-8-21)19-40-35(46)42-29-14-13-23-10-4-5-12-26(23)29/h1-12,15-17,29-30H,13-14,18-20H2,(H,39,43)(H,41,44)(H2,40,42,46)/t29-,30?/m1/s1. The van der Waals surface area contributed by atoms with E-state index in [4.69, 9.17) is 39.5 Å². The summed E-state index contributed by atoms with van der Waals surface area (Å²) in [5.74, 6) is -2.04. The summed E-state index contributed by atoms with van der Waals surface area (Å²) in [6.07, 6.45) is 1.59. The molecule has 4 amide bonds. The number of amides is 4.